The van der Waals surface area contributed by atoms with Gasteiger partial charge in [0.05, 0.1) is 0 Å². The molecule has 0 spiro atoms. The van der Waals surface area contributed by atoms with Crippen molar-refractivity contribution in [3.05, 3.63) is 107 Å². The van der Waals surface area contributed by atoms with Gasteiger partial charge in [-0.15, -0.1) is 0 Å². The molecule has 0 N–H and O–H groups in total. The fourth-order valence-electron chi connectivity index (χ4n) is 3.61. The molecule has 1 heteroatoms. The van der Waals surface area contributed by atoms with Gasteiger partial charge >= 0.3 is 0 Å². The fraction of sp³-hybridized carbons (Fsp3) is 0.182. The molecule has 0 saturated heterocycles. The van der Waals surface area contributed by atoms with Crippen LogP contribution in [-0.4, -0.2) is 11.4 Å². The van der Waals surface area contributed by atoms with Crippen molar-refractivity contribution in [2.24, 2.45) is 0 Å². The molecule has 1 unspecified atom stereocenters. The van der Waals surface area contributed by atoms with E-state index in [0.717, 1.165) is 19.6 Å². The van der Waals surface area contributed by atoms with Crippen molar-refractivity contribution < 1.29 is 0 Å². The minimum atomic E-state index is 0.463. The van der Waals surface area contributed by atoms with E-state index in [1.54, 1.807) is 0 Å². The van der Waals surface area contributed by atoms with E-state index in [1.807, 2.05) is 0 Å². The van der Waals surface area contributed by atoms with Gasteiger partial charge in [0.1, 0.15) is 0 Å². The Morgan fingerprint density at radius 2 is 1.39 bits per heavy atom. The third kappa shape index (κ3) is 3.06. The molecule has 3 aromatic rings. The van der Waals surface area contributed by atoms with Crippen LogP contribution in [0.4, 0.5) is 0 Å². The second-order valence-electron chi connectivity index (χ2n) is 6.32. The largest absolute Gasteiger partial charge is 0.294 e. The lowest BCUT2D eigenvalue weighted by Gasteiger charge is -2.35. The van der Waals surface area contributed by atoms with Crippen LogP contribution in [0.2, 0.25) is 0 Å². The van der Waals surface area contributed by atoms with Crippen LogP contribution in [0.15, 0.2) is 84.9 Å². The summed E-state index contributed by atoms with van der Waals surface area (Å²) in [5.74, 6) is 0.463. The zero-order valence-corrected chi connectivity index (χ0v) is 13.2. The van der Waals surface area contributed by atoms with Gasteiger partial charge in [-0.2, -0.15) is 0 Å². The predicted octanol–water partition coefficient (Wildman–Crippen LogP) is 4.83. The number of nitrogens with zero attached hydrogens (tertiary/aromatic N) is 1. The summed E-state index contributed by atoms with van der Waals surface area (Å²) in [6, 6.07) is 30.6. The lowest BCUT2D eigenvalue weighted by Crippen LogP contribution is -2.33. The van der Waals surface area contributed by atoms with E-state index in [0.29, 0.717) is 5.92 Å². The number of benzene rings is 3. The van der Waals surface area contributed by atoms with Gasteiger partial charge < -0.3 is 0 Å². The first-order chi connectivity index (χ1) is 11.4. The van der Waals surface area contributed by atoms with E-state index in [9.17, 15) is 0 Å². The summed E-state index contributed by atoms with van der Waals surface area (Å²) in [6.07, 6.45) is 0. The highest BCUT2D eigenvalue weighted by molar-refractivity contribution is 5.40. The van der Waals surface area contributed by atoms with Crippen molar-refractivity contribution in [2.45, 2.75) is 19.0 Å². The zero-order valence-electron chi connectivity index (χ0n) is 13.2. The lowest BCUT2D eigenvalue weighted by molar-refractivity contribution is 0.232. The highest BCUT2D eigenvalue weighted by Gasteiger charge is 2.26. The van der Waals surface area contributed by atoms with Crippen LogP contribution < -0.4 is 0 Å². The molecule has 1 aliphatic rings. The second kappa shape index (κ2) is 6.39. The monoisotopic (exact) mass is 299 g/mol. The molecule has 114 valence electrons. The van der Waals surface area contributed by atoms with Crippen molar-refractivity contribution in [1.29, 1.82) is 0 Å². The maximum atomic E-state index is 2.56. The molecule has 0 saturated carbocycles. The third-order valence-corrected chi connectivity index (χ3v) is 4.72. The van der Waals surface area contributed by atoms with Gasteiger partial charge in [-0.25, -0.2) is 0 Å². The standard InChI is InChI=1S/C22H21N/c1-3-9-18(10-4-1)15-23-16-20-13-7-8-14-21(20)22(17-23)19-11-5-2-6-12-19/h1-14,22H,15-17H2. The molecule has 3 aromatic carbocycles. The molecule has 1 atom stereocenters. The molecule has 4 rings (SSSR count). The average Bonchev–Trinajstić information content (AvgIpc) is 2.63. The summed E-state index contributed by atoms with van der Waals surface area (Å²) >= 11 is 0. The van der Waals surface area contributed by atoms with Crippen molar-refractivity contribution >= 4 is 0 Å². The molecule has 1 nitrogen and oxygen atoms in total. The summed E-state index contributed by atoms with van der Waals surface area (Å²) < 4.78 is 0. The zero-order chi connectivity index (χ0) is 15.5. The molecule has 1 heterocycles. The van der Waals surface area contributed by atoms with Gasteiger partial charge in [0.2, 0.25) is 0 Å². The quantitative estimate of drug-likeness (QED) is 0.669. The summed E-state index contributed by atoms with van der Waals surface area (Å²) in [7, 11) is 0. The van der Waals surface area contributed by atoms with E-state index in [4.69, 9.17) is 0 Å². The van der Waals surface area contributed by atoms with E-state index < -0.39 is 0 Å². The summed E-state index contributed by atoms with van der Waals surface area (Å²) in [6.45, 7) is 3.13. The Labute approximate surface area is 138 Å². The molecule has 0 aromatic heterocycles. The molecule has 0 radical (unpaired) electrons. The molecular weight excluding hydrogens is 278 g/mol. The van der Waals surface area contributed by atoms with Crippen LogP contribution in [0.25, 0.3) is 0 Å². The highest BCUT2D eigenvalue weighted by atomic mass is 15.1. The Morgan fingerprint density at radius 1 is 0.739 bits per heavy atom. The van der Waals surface area contributed by atoms with E-state index in [2.05, 4.69) is 89.8 Å². The van der Waals surface area contributed by atoms with E-state index in [-0.39, 0.29) is 0 Å². The van der Waals surface area contributed by atoms with Crippen molar-refractivity contribution in [3.63, 3.8) is 0 Å². The summed E-state index contributed by atoms with van der Waals surface area (Å²) in [5, 5.41) is 0. The Balaban J connectivity index is 1.66. The van der Waals surface area contributed by atoms with Crippen molar-refractivity contribution in [3.8, 4) is 0 Å². The maximum absolute atomic E-state index is 2.56. The number of hydrogen-bond acceptors (Lipinski definition) is 1. The Morgan fingerprint density at radius 3 is 2.17 bits per heavy atom. The first-order valence-corrected chi connectivity index (χ1v) is 8.29. The molecule has 0 fully saturated rings. The molecule has 0 aliphatic carbocycles. The molecule has 1 aliphatic heterocycles. The van der Waals surface area contributed by atoms with Crippen molar-refractivity contribution in [1.82, 2.24) is 4.90 Å². The molecule has 0 amide bonds. The first kappa shape index (κ1) is 14.2. The van der Waals surface area contributed by atoms with Gasteiger partial charge in [-0.1, -0.05) is 84.9 Å². The number of rotatable bonds is 3. The molecule has 23 heavy (non-hydrogen) atoms. The topological polar surface area (TPSA) is 3.24 Å². The SMILES string of the molecule is c1ccc(CN2Cc3ccccc3C(c3ccccc3)C2)cc1. The average molecular weight is 299 g/mol. The summed E-state index contributed by atoms with van der Waals surface area (Å²) in [4.78, 5) is 2.56. The smallest absolute Gasteiger partial charge is 0.0240 e. The molecule has 0 bridgehead atoms. The number of fused-ring (bicyclic) bond motifs is 1. The Kier molecular flexibility index (Phi) is 3.95. The Hall–Kier alpha value is -2.38. The Bertz CT molecular complexity index is 764. The summed E-state index contributed by atoms with van der Waals surface area (Å²) in [5.41, 5.74) is 5.75. The van der Waals surface area contributed by atoms with Crippen LogP contribution in [0.3, 0.4) is 0 Å². The minimum Gasteiger partial charge on any atom is -0.294 e. The maximum Gasteiger partial charge on any atom is 0.0240 e. The van der Waals surface area contributed by atoms with Gasteiger partial charge in [-0.3, -0.25) is 4.90 Å². The van der Waals surface area contributed by atoms with Gasteiger partial charge in [-0.05, 0) is 22.3 Å². The van der Waals surface area contributed by atoms with Crippen LogP contribution in [-0.2, 0) is 13.1 Å². The van der Waals surface area contributed by atoms with Crippen LogP contribution in [0, 0.1) is 0 Å². The normalized spacial score (nSPS) is 17.7. The van der Waals surface area contributed by atoms with Crippen LogP contribution in [0.5, 0.6) is 0 Å². The van der Waals surface area contributed by atoms with Gasteiger partial charge in [0, 0.05) is 25.6 Å². The molecular formula is C22H21N. The fourth-order valence-corrected chi connectivity index (χ4v) is 3.61. The van der Waals surface area contributed by atoms with E-state index >= 15 is 0 Å². The second-order valence-corrected chi connectivity index (χ2v) is 6.32. The minimum absolute atomic E-state index is 0.463. The van der Waals surface area contributed by atoms with Crippen molar-refractivity contribution in [2.75, 3.05) is 6.54 Å². The van der Waals surface area contributed by atoms with E-state index in [1.165, 1.54) is 22.3 Å². The third-order valence-electron chi connectivity index (χ3n) is 4.72. The van der Waals surface area contributed by atoms with Gasteiger partial charge in [0.25, 0.3) is 0 Å². The van der Waals surface area contributed by atoms with Gasteiger partial charge in [0.15, 0.2) is 0 Å². The highest BCUT2D eigenvalue weighted by Crippen LogP contribution is 2.33. The van der Waals surface area contributed by atoms with Crippen LogP contribution >= 0.6 is 0 Å². The van der Waals surface area contributed by atoms with Crippen LogP contribution in [0.1, 0.15) is 28.2 Å². The number of hydrogen-bond donors (Lipinski definition) is 0. The lowest BCUT2D eigenvalue weighted by atomic mass is 9.84. The first-order valence-electron chi connectivity index (χ1n) is 8.29. The predicted molar refractivity (Wildman–Crippen MR) is 95.3 cm³/mol.